The second-order valence-corrected chi connectivity index (χ2v) is 7.39. The minimum atomic E-state index is -4.42. The van der Waals surface area contributed by atoms with Crippen molar-refractivity contribution in [3.05, 3.63) is 70.8 Å². The van der Waals surface area contributed by atoms with Crippen LogP contribution in [-0.2, 0) is 19.1 Å². The number of amides is 1. The summed E-state index contributed by atoms with van der Waals surface area (Å²) in [6, 6.07) is 8.54. The Morgan fingerprint density at radius 3 is 2.67 bits per heavy atom. The molecule has 2 aromatic rings. The summed E-state index contributed by atoms with van der Waals surface area (Å²) in [5.41, 5.74) is 1.92. The maximum Gasteiger partial charge on any atom is 0.416 e. The van der Waals surface area contributed by atoms with Crippen molar-refractivity contribution in [3.8, 4) is 11.5 Å². The molecule has 4 nitrogen and oxygen atoms in total. The van der Waals surface area contributed by atoms with Gasteiger partial charge in [-0.25, -0.2) is 0 Å². The Morgan fingerprint density at radius 1 is 1.23 bits per heavy atom. The van der Waals surface area contributed by atoms with Crippen molar-refractivity contribution < 1.29 is 27.4 Å². The van der Waals surface area contributed by atoms with Gasteiger partial charge in [-0.2, -0.15) is 13.2 Å². The van der Waals surface area contributed by atoms with Crippen LogP contribution in [0.15, 0.2) is 48.6 Å². The highest BCUT2D eigenvalue weighted by Crippen LogP contribution is 2.34. The zero-order valence-electron chi connectivity index (χ0n) is 17.0. The average molecular weight is 419 g/mol. The standard InChI is InChI=1S/C23H24F3NO3/c1-15(2)8-10-30-20-13-19(29-3)12-17-7-9-27(22(28)21(17)20)14-16-5-4-6-18(11-16)23(24,25)26/h4-6,11-13H,1,7-10,14H2,2-3H3. The van der Waals surface area contributed by atoms with E-state index in [1.807, 2.05) is 6.92 Å². The van der Waals surface area contributed by atoms with Gasteiger partial charge in [0.2, 0.25) is 0 Å². The summed E-state index contributed by atoms with van der Waals surface area (Å²) >= 11 is 0. The molecule has 1 amide bonds. The van der Waals surface area contributed by atoms with E-state index in [0.29, 0.717) is 48.6 Å². The number of hydrogen-bond donors (Lipinski definition) is 0. The van der Waals surface area contributed by atoms with E-state index in [4.69, 9.17) is 9.47 Å². The molecular formula is C23H24F3NO3. The molecule has 2 aromatic carbocycles. The van der Waals surface area contributed by atoms with Crippen molar-refractivity contribution in [2.45, 2.75) is 32.5 Å². The Labute approximate surface area is 173 Å². The van der Waals surface area contributed by atoms with Gasteiger partial charge in [-0.3, -0.25) is 4.79 Å². The van der Waals surface area contributed by atoms with Crippen LogP contribution in [0.25, 0.3) is 0 Å². The molecule has 1 aliphatic heterocycles. The monoisotopic (exact) mass is 419 g/mol. The summed E-state index contributed by atoms with van der Waals surface area (Å²) in [6.45, 7) is 6.61. The predicted octanol–water partition coefficient (Wildman–Crippen LogP) is 5.26. The van der Waals surface area contributed by atoms with E-state index in [9.17, 15) is 18.0 Å². The van der Waals surface area contributed by atoms with Crippen LogP contribution in [0.3, 0.4) is 0 Å². The first kappa shape index (κ1) is 21.7. The normalized spacial score (nSPS) is 13.8. The number of benzene rings is 2. The van der Waals surface area contributed by atoms with Crippen LogP contribution in [0.2, 0.25) is 0 Å². The number of hydrogen-bond acceptors (Lipinski definition) is 3. The molecule has 0 radical (unpaired) electrons. The highest BCUT2D eigenvalue weighted by atomic mass is 19.4. The molecule has 0 aliphatic carbocycles. The van der Waals surface area contributed by atoms with Crippen molar-refractivity contribution in [2.75, 3.05) is 20.3 Å². The Balaban J connectivity index is 1.86. The quantitative estimate of drug-likeness (QED) is 0.575. The molecule has 0 unspecified atom stereocenters. The van der Waals surface area contributed by atoms with Gasteiger partial charge in [-0.05, 0) is 42.7 Å². The van der Waals surface area contributed by atoms with Gasteiger partial charge in [0.15, 0.2) is 0 Å². The largest absolute Gasteiger partial charge is 0.497 e. The Bertz CT molecular complexity index is 953. The van der Waals surface area contributed by atoms with Gasteiger partial charge in [0.1, 0.15) is 11.5 Å². The number of carbonyl (C=O) groups is 1. The van der Waals surface area contributed by atoms with Crippen LogP contribution >= 0.6 is 0 Å². The van der Waals surface area contributed by atoms with E-state index in [2.05, 4.69) is 6.58 Å². The summed E-state index contributed by atoms with van der Waals surface area (Å²) in [4.78, 5) is 14.7. The number of rotatable bonds is 7. The fourth-order valence-corrected chi connectivity index (χ4v) is 3.38. The SMILES string of the molecule is C=C(C)CCOc1cc(OC)cc2c1C(=O)N(Cc1cccc(C(F)(F)F)c1)CC2. The van der Waals surface area contributed by atoms with Crippen LogP contribution < -0.4 is 9.47 Å². The summed E-state index contributed by atoms with van der Waals surface area (Å²) in [6.07, 6.45) is -3.21. The number of halogens is 3. The first-order valence-corrected chi connectivity index (χ1v) is 9.62. The van der Waals surface area contributed by atoms with Crippen molar-refractivity contribution in [1.82, 2.24) is 4.90 Å². The van der Waals surface area contributed by atoms with E-state index >= 15 is 0 Å². The molecule has 1 aliphatic rings. The number of fused-ring (bicyclic) bond motifs is 1. The highest BCUT2D eigenvalue weighted by Gasteiger charge is 2.32. The van der Waals surface area contributed by atoms with Crippen LogP contribution in [0, 0.1) is 0 Å². The summed E-state index contributed by atoms with van der Waals surface area (Å²) in [5, 5.41) is 0. The lowest BCUT2D eigenvalue weighted by Crippen LogP contribution is -2.37. The average Bonchev–Trinajstić information content (AvgIpc) is 2.69. The molecule has 160 valence electrons. The van der Waals surface area contributed by atoms with Gasteiger partial charge in [0.05, 0.1) is 24.8 Å². The number of alkyl halides is 3. The van der Waals surface area contributed by atoms with Crippen molar-refractivity contribution in [2.24, 2.45) is 0 Å². The van der Waals surface area contributed by atoms with Crippen LogP contribution in [-0.4, -0.2) is 31.1 Å². The second-order valence-electron chi connectivity index (χ2n) is 7.39. The molecule has 1 heterocycles. The van der Waals surface area contributed by atoms with Gasteiger partial charge < -0.3 is 14.4 Å². The molecule has 30 heavy (non-hydrogen) atoms. The lowest BCUT2D eigenvalue weighted by molar-refractivity contribution is -0.137. The molecule has 0 spiro atoms. The van der Waals surface area contributed by atoms with E-state index in [-0.39, 0.29) is 12.5 Å². The van der Waals surface area contributed by atoms with Crippen molar-refractivity contribution in [1.29, 1.82) is 0 Å². The van der Waals surface area contributed by atoms with E-state index in [1.54, 1.807) is 30.2 Å². The molecule has 0 aromatic heterocycles. The third-order valence-electron chi connectivity index (χ3n) is 4.96. The van der Waals surface area contributed by atoms with E-state index in [1.165, 1.54) is 6.07 Å². The Kier molecular flexibility index (Phi) is 6.39. The summed E-state index contributed by atoms with van der Waals surface area (Å²) in [5.74, 6) is 0.754. The molecule has 0 N–H and O–H groups in total. The lowest BCUT2D eigenvalue weighted by atomic mass is 9.96. The van der Waals surface area contributed by atoms with Crippen molar-refractivity contribution >= 4 is 5.91 Å². The molecule has 7 heteroatoms. The van der Waals surface area contributed by atoms with Gasteiger partial charge in [0.25, 0.3) is 5.91 Å². The topological polar surface area (TPSA) is 38.8 Å². The minimum Gasteiger partial charge on any atom is -0.497 e. The second kappa shape index (κ2) is 8.81. The fourth-order valence-electron chi connectivity index (χ4n) is 3.38. The molecule has 0 atom stereocenters. The molecule has 0 fully saturated rings. The predicted molar refractivity (Wildman–Crippen MR) is 108 cm³/mol. The molecule has 0 bridgehead atoms. The van der Waals surface area contributed by atoms with Gasteiger partial charge in [-0.15, -0.1) is 6.58 Å². The Morgan fingerprint density at radius 2 is 2.00 bits per heavy atom. The third kappa shape index (κ3) is 4.96. The molecule has 0 saturated heterocycles. The zero-order valence-corrected chi connectivity index (χ0v) is 17.0. The van der Waals surface area contributed by atoms with Crippen LogP contribution in [0.1, 0.15) is 40.4 Å². The number of carbonyl (C=O) groups excluding carboxylic acids is 1. The Hall–Kier alpha value is -2.96. The summed E-state index contributed by atoms with van der Waals surface area (Å²) < 4.78 is 50.2. The van der Waals surface area contributed by atoms with Gasteiger partial charge in [0, 0.05) is 25.6 Å². The molecule has 3 rings (SSSR count). The maximum atomic E-state index is 13.2. The maximum absolute atomic E-state index is 13.2. The first-order chi connectivity index (χ1) is 14.2. The van der Waals surface area contributed by atoms with E-state index in [0.717, 1.165) is 23.3 Å². The minimum absolute atomic E-state index is 0.0967. The lowest BCUT2D eigenvalue weighted by Gasteiger charge is -2.30. The van der Waals surface area contributed by atoms with Crippen LogP contribution in [0.4, 0.5) is 13.2 Å². The number of methoxy groups -OCH3 is 1. The smallest absolute Gasteiger partial charge is 0.416 e. The van der Waals surface area contributed by atoms with Gasteiger partial charge >= 0.3 is 6.18 Å². The molecular weight excluding hydrogens is 395 g/mol. The fraction of sp³-hybridized carbons (Fsp3) is 0.348. The third-order valence-corrected chi connectivity index (χ3v) is 4.96. The van der Waals surface area contributed by atoms with Crippen LogP contribution in [0.5, 0.6) is 11.5 Å². The summed E-state index contributed by atoms with van der Waals surface area (Å²) in [7, 11) is 1.55. The number of nitrogens with zero attached hydrogens (tertiary/aromatic N) is 1. The highest BCUT2D eigenvalue weighted by molar-refractivity contribution is 5.99. The molecule has 0 saturated carbocycles. The van der Waals surface area contributed by atoms with Crippen molar-refractivity contribution in [3.63, 3.8) is 0 Å². The first-order valence-electron chi connectivity index (χ1n) is 9.62. The van der Waals surface area contributed by atoms with E-state index < -0.39 is 11.7 Å². The number of ether oxygens (including phenoxy) is 2. The van der Waals surface area contributed by atoms with Gasteiger partial charge in [-0.1, -0.05) is 17.7 Å². The zero-order chi connectivity index (χ0) is 21.9.